The number of nitrogens with one attached hydrogen (secondary N) is 1. The summed E-state index contributed by atoms with van der Waals surface area (Å²) in [6, 6.07) is -0.710. The van der Waals surface area contributed by atoms with E-state index in [9.17, 15) is 30.3 Å². The summed E-state index contributed by atoms with van der Waals surface area (Å²) >= 11 is 0. The number of carbonyl (C=O) groups is 1. The van der Waals surface area contributed by atoms with Crippen LogP contribution < -0.4 is 5.32 Å². The number of amides is 1. The zero-order valence-electron chi connectivity index (χ0n) is 34.5. The lowest BCUT2D eigenvalue weighted by atomic mass is 9.99. The number of unbranched alkanes of at least 4 members (excludes halogenated alkanes) is 28. The molecule has 0 radical (unpaired) electrons. The average molecular weight is 758 g/mol. The SMILES string of the molecule is CCCCCCCCCCCCCCCCCCCCCCC(=O)N[C@@H](CO[C@H]1O[C@@H](CO)[C@H](O)C(O)C1O)[C@H](O)CCCCCCCCCCCC. The van der Waals surface area contributed by atoms with Gasteiger partial charge in [-0.3, -0.25) is 4.79 Å². The first-order valence-corrected chi connectivity index (χ1v) is 22.7. The molecule has 2 unspecified atom stereocenters. The minimum atomic E-state index is -1.55. The first-order valence-electron chi connectivity index (χ1n) is 22.7. The van der Waals surface area contributed by atoms with Crippen LogP contribution in [0.4, 0.5) is 0 Å². The van der Waals surface area contributed by atoms with Gasteiger partial charge >= 0.3 is 0 Å². The van der Waals surface area contributed by atoms with Crippen LogP contribution in [0.3, 0.4) is 0 Å². The smallest absolute Gasteiger partial charge is 0.220 e. The van der Waals surface area contributed by atoms with Crippen molar-refractivity contribution in [2.24, 2.45) is 0 Å². The molecule has 0 aromatic carbocycles. The fraction of sp³-hybridized carbons (Fsp3) is 0.977. The molecule has 9 heteroatoms. The van der Waals surface area contributed by atoms with Crippen molar-refractivity contribution in [1.29, 1.82) is 0 Å². The molecule has 0 aliphatic carbocycles. The fourth-order valence-electron chi connectivity index (χ4n) is 7.51. The molecule has 0 spiro atoms. The molecule has 9 nitrogen and oxygen atoms in total. The summed E-state index contributed by atoms with van der Waals surface area (Å²) in [5, 5.41) is 54.2. The summed E-state index contributed by atoms with van der Waals surface area (Å²) in [5.41, 5.74) is 0. The van der Waals surface area contributed by atoms with E-state index in [1.165, 1.54) is 154 Å². The van der Waals surface area contributed by atoms with Crippen LogP contribution in [0.25, 0.3) is 0 Å². The number of aliphatic hydroxyl groups is 5. The summed E-state index contributed by atoms with van der Waals surface area (Å²) in [6.45, 7) is 3.83. The monoisotopic (exact) mass is 758 g/mol. The number of hydrogen-bond acceptors (Lipinski definition) is 8. The van der Waals surface area contributed by atoms with Crippen LogP contribution in [0, 0.1) is 0 Å². The van der Waals surface area contributed by atoms with E-state index in [2.05, 4.69) is 19.2 Å². The van der Waals surface area contributed by atoms with Crippen LogP contribution in [-0.2, 0) is 14.3 Å². The van der Waals surface area contributed by atoms with Gasteiger partial charge in [0.15, 0.2) is 6.29 Å². The first kappa shape index (κ1) is 50.2. The highest BCUT2D eigenvalue weighted by Crippen LogP contribution is 2.23. The van der Waals surface area contributed by atoms with Crippen molar-refractivity contribution in [1.82, 2.24) is 5.32 Å². The Kier molecular flexibility index (Phi) is 33.7. The molecule has 1 rings (SSSR count). The number of aliphatic hydroxyl groups excluding tert-OH is 5. The minimum Gasteiger partial charge on any atom is -0.394 e. The van der Waals surface area contributed by atoms with Gasteiger partial charge in [0.2, 0.25) is 5.91 Å². The second-order valence-electron chi connectivity index (χ2n) is 16.2. The summed E-state index contributed by atoms with van der Waals surface area (Å²) in [5.74, 6) is -0.142. The zero-order chi connectivity index (χ0) is 38.8. The van der Waals surface area contributed by atoms with E-state index in [1.807, 2.05) is 0 Å². The predicted molar refractivity (Wildman–Crippen MR) is 217 cm³/mol. The molecule has 0 bridgehead atoms. The van der Waals surface area contributed by atoms with Crippen LogP contribution in [-0.4, -0.2) is 87.5 Å². The summed E-state index contributed by atoms with van der Waals surface area (Å²) in [6.07, 6.45) is 31.2. The lowest BCUT2D eigenvalue weighted by molar-refractivity contribution is -0.302. The summed E-state index contributed by atoms with van der Waals surface area (Å²) < 4.78 is 11.2. The predicted octanol–water partition coefficient (Wildman–Crippen LogP) is 9.17. The Morgan fingerprint density at radius 2 is 0.943 bits per heavy atom. The van der Waals surface area contributed by atoms with Crippen LogP contribution in [0.1, 0.15) is 219 Å². The molecule has 53 heavy (non-hydrogen) atoms. The Morgan fingerprint density at radius 1 is 0.566 bits per heavy atom. The minimum absolute atomic E-state index is 0.132. The van der Waals surface area contributed by atoms with Crippen molar-refractivity contribution in [3.63, 3.8) is 0 Å². The molecule has 6 N–H and O–H groups in total. The molecule has 7 atom stereocenters. The molecule has 0 aromatic heterocycles. The van der Waals surface area contributed by atoms with Crippen molar-refractivity contribution in [2.45, 2.75) is 262 Å². The maximum atomic E-state index is 12.9. The molecule has 1 fully saturated rings. The van der Waals surface area contributed by atoms with Crippen molar-refractivity contribution in [2.75, 3.05) is 13.2 Å². The maximum absolute atomic E-state index is 12.9. The van der Waals surface area contributed by atoms with Gasteiger partial charge in [-0.15, -0.1) is 0 Å². The van der Waals surface area contributed by atoms with Gasteiger partial charge in [-0.05, 0) is 12.8 Å². The Morgan fingerprint density at radius 3 is 1.34 bits per heavy atom. The Labute approximate surface area is 325 Å². The zero-order valence-corrected chi connectivity index (χ0v) is 34.5. The van der Waals surface area contributed by atoms with Gasteiger partial charge in [0.05, 0.1) is 25.4 Å². The van der Waals surface area contributed by atoms with E-state index in [1.54, 1.807) is 0 Å². The maximum Gasteiger partial charge on any atom is 0.220 e. The molecule has 0 aromatic rings. The molecular formula is C44H87NO8. The molecule has 0 saturated carbocycles. The second-order valence-corrected chi connectivity index (χ2v) is 16.2. The van der Waals surface area contributed by atoms with Gasteiger partial charge in [-0.2, -0.15) is 0 Å². The van der Waals surface area contributed by atoms with Crippen LogP contribution in [0.5, 0.6) is 0 Å². The molecule has 316 valence electrons. The Hall–Kier alpha value is -0.810. The van der Waals surface area contributed by atoms with Crippen molar-refractivity contribution in [3.05, 3.63) is 0 Å². The normalized spacial score (nSPS) is 21.5. The van der Waals surface area contributed by atoms with Crippen LogP contribution >= 0.6 is 0 Å². The number of carbonyl (C=O) groups excluding carboxylic acids is 1. The van der Waals surface area contributed by atoms with Gasteiger partial charge < -0.3 is 40.3 Å². The summed E-state index contributed by atoms with van der Waals surface area (Å²) in [7, 11) is 0. The highest BCUT2D eigenvalue weighted by molar-refractivity contribution is 5.76. The van der Waals surface area contributed by atoms with Gasteiger partial charge in [0.25, 0.3) is 0 Å². The van der Waals surface area contributed by atoms with Gasteiger partial charge in [-0.25, -0.2) is 0 Å². The van der Waals surface area contributed by atoms with Crippen molar-refractivity contribution < 1.29 is 39.8 Å². The third-order valence-corrected chi connectivity index (χ3v) is 11.2. The molecular weight excluding hydrogens is 670 g/mol. The van der Waals surface area contributed by atoms with Crippen molar-refractivity contribution in [3.8, 4) is 0 Å². The number of hydrogen-bond donors (Lipinski definition) is 6. The molecule has 1 aliphatic heterocycles. The topological polar surface area (TPSA) is 149 Å². The van der Waals surface area contributed by atoms with E-state index in [-0.39, 0.29) is 12.5 Å². The Bertz CT molecular complexity index is 801. The molecule has 1 heterocycles. The molecule has 1 saturated heterocycles. The van der Waals surface area contributed by atoms with E-state index in [0.29, 0.717) is 12.8 Å². The van der Waals surface area contributed by atoms with Gasteiger partial charge in [0.1, 0.15) is 24.4 Å². The third-order valence-electron chi connectivity index (χ3n) is 11.2. The average Bonchev–Trinajstić information content (AvgIpc) is 3.16. The summed E-state index contributed by atoms with van der Waals surface area (Å²) in [4.78, 5) is 12.9. The van der Waals surface area contributed by atoms with Crippen molar-refractivity contribution >= 4 is 5.91 Å². The van der Waals surface area contributed by atoms with E-state index in [4.69, 9.17) is 9.47 Å². The molecule has 1 aliphatic rings. The number of ether oxygens (including phenoxy) is 2. The first-order chi connectivity index (χ1) is 25.8. The van der Waals surface area contributed by atoms with Crippen LogP contribution in [0.15, 0.2) is 0 Å². The van der Waals surface area contributed by atoms with Gasteiger partial charge in [0, 0.05) is 6.42 Å². The second kappa shape index (κ2) is 35.6. The van der Waals surface area contributed by atoms with Gasteiger partial charge in [-0.1, -0.05) is 200 Å². The standard InChI is InChI=1S/C44H87NO8/c1-3-5-7-9-11-13-15-16-17-18-19-20-21-22-23-24-26-28-30-32-34-40(48)45-37(36-52-44-43(51)42(50)41(49)39(35-46)53-44)38(47)33-31-29-27-25-14-12-10-8-6-4-2/h37-39,41-44,46-47,49-51H,3-36H2,1-2H3,(H,45,48)/t37-,38+,39-,41-,42?,43?,44-/m0/s1. The highest BCUT2D eigenvalue weighted by Gasteiger charge is 2.44. The Balaban J connectivity index is 2.26. The largest absolute Gasteiger partial charge is 0.394 e. The lowest BCUT2D eigenvalue weighted by Gasteiger charge is -2.40. The van der Waals surface area contributed by atoms with Crippen LogP contribution in [0.2, 0.25) is 0 Å². The third kappa shape index (κ3) is 26.6. The van der Waals surface area contributed by atoms with E-state index >= 15 is 0 Å². The fourth-order valence-corrected chi connectivity index (χ4v) is 7.51. The lowest BCUT2D eigenvalue weighted by Crippen LogP contribution is -2.60. The highest BCUT2D eigenvalue weighted by atomic mass is 16.7. The molecule has 1 amide bonds. The number of rotatable bonds is 38. The van der Waals surface area contributed by atoms with E-state index < -0.39 is 49.5 Å². The van der Waals surface area contributed by atoms with E-state index in [0.717, 1.165) is 38.5 Å². The quantitative estimate of drug-likeness (QED) is 0.0342.